The average Bonchev–Trinajstić information content (AvgIpc) is 2.99. The monoisotopic (exact) mass is 338 g/mol. The van der Waals surface area contributed by atoms with Gasteiger partial charge in [-0.3, -0.25) is 0 Å². The summed E-state index contributed by atoms with van der Waals surface area (Å²) in [6.07, 6.45) is 0.416. The number of aryl methyl sites for hydroxylation is 1. The number of aromatic nitrogens is 2. The number of rotatable bonds is 7. The summed E-state index contributed by atoms with van der Waals surface area (Å²) in [6.45, 7) is 7.08. The first-order valence-corrected chi connectivity index (χ1v) is 8.91. The number of hydrogen-bond donors (Lipinski definition) is 1. The van der Waals surface area contributed by atoms with Gasteiger partial charge in [-0.05, 0) is 37.1 Å². The fourth-order valence-corrected chi connectivity index (χ4v) is 3.01. The van der Waals surface area contributed by atoms with Crippen LogP contribution in [0.3, 0.4) is 0 Å². The second-order valence-electron chi connectivity index (χ2n) is 6.61. The van der Waals surface area contributed by atoms with Crippen LogP contribution in [0, 0.1) is 6.92 Å². The second-order valence-corrected chi connectivity index (χ2v) is 6.61. The zero-order chi connectivity index (χ0) is 17.8. The van der Waals surface area contributed by atoms with E-state index in [-0.39, 0.29) is 6.61 Å². The number of imidazole rings is 1. The maximum Gasteiger partial charge on any atom is 0.122 e. The van der Waals surface area contributed by atoms with Crippen LogP contribution in [-0.2, 0) is 6.54 Å². The second kappa shape index (κ2) is 7.70. The van der Waals surface area contributed by atoms with Gasteiger partial charge < -0.3 is 14.4 Å². The van der Waals surface area contributed by atoms with Crippen molar-refractivity contribution in [2.24, 2.45) is 0 Å². The Morgan fingerprint density at radius 3 is 2.60 bits per heavy atom. The van der Waals surface area contributed by atoms with Gasteiger partial charge in [0.25, 0.3) is 0 Å². The van der Waals surface area contributed by atoms with Gasteiger partial charge in [0.15, 0.2) is 0 Å². The normalized spacial score (nSPS) is 13.8. The molecule has 1 N–H and O–H groups in total. The molecule has 0 amide bonds. The number of nitrogens with zero attached hydrogens (tertiary/aromatic N) is 2. The molecular formula is C21H26N2O2. The minimum absolute atomic E-state index is 0.261. The summed E-state index contributed by atoms with van der Waals surface area (Å²) in [6, 6.07) is 15.9. The van der Waals surface area contributed by atoms with E-state index >= 15 is 0 Å². The van der Waals surface area contributed by atoms with Gasteiger partial charge in [0.2, 0.25) is 0 Å². The standard InChI is InChI=1S/C21H26N2O2/c1-4-15(2)21-22-18-10-6-7-11-19(18)23(21)13-17(24)14-25-20-12-8-5-9-16(20)3/h5-12,15,17,24H,4,13-14H2,1-3H3. The number of fused-ring (bicyclic) bond motifs is 1. The Bertz CT molecular complexity index is 841. The first-order chi connectivity index (χ1) is 12.1. The molecule has 1 aromatic heterocycles. The maximum atomic E-state index is 10.5. The summed E-state index contributed by atoms with van der Waals surface area (Å²) < 4.78 is 7.94. The van der Waals surface area contributed by atoms with E-state index in [9.17, 15) is 5.11 Å². The van der Waals surface area contributed by atoms with Crippen molar-refractivity contribution in [3.63, 3.8) is 0 Å². The number of benzene rings is 2. The van der Waals surface area contributed by atoms with Gasteiger partial charge in [-0.2, -0.15) is 0 Å². The third-order valence-electron chi connectivity index (χ3n) is 4.66. The molecule has 0 bridgehead atoms. The molecule has 2 unspecified atom stereocenters. The molecule has 2 atom stereocenters. The van der Waals surface area contributed by atoms with Crippen molar-refractivity contribution in [2.75, 3.05) is 6.61 Å². The van der Waals surface area contributed by atoms with Crippen molar-refractivity contribution in [2.45, 2.75) is 45.8 Å². The van der Waals surface area contributed by atoms with Crippen LogP contribution >= 0.6 is 0 Å². The molecule has 2 aromatic carbocycles. The van der Waals surface area contributed by atoms with Crippen LogP contribution in [0.15, 0.2) is 48.5 Å². The van der Waals surface area contributed by atoms with E-state index in [1.807, 2.05) is 49.4 Å². The van der Waals surface area contributed by atoms with Crippen molar-refractivity contribution in [1.82, 2.24) is 9.55 Å². The number of ether oxygens (including phenoxy) is 1. The van der Waals surface area contributed by atoms with Gasteiger partial charge in [0.05, 0.1) is 17.6 Å². The highest BCUT2D eigenvalue weighted by atomic mass is 16.5. The molecule has 0 spiro atoms. The molecule has 1 heterocycles. The Balaban J connectivity index is 1.78. The van der Waals surface area contributed by atoms with E-state index in [1.54, 1.807) is 0 Å². The molecule has 0 aliphatic carbocycles. The van der Waals surface area contributed by atoms with Gasteiger partial charge in [-0.15, -0.1) is 0 Å². The van der Waals surface area contributed by atoms with Crippen LogP contribution < -0.4 is 4.74 Å². The summed E-state index contributed by atoms with van der Waals surface area (Å²) in [5.74, 6) is 2.19. The summed E-state index contributed by atoms with van der Waals surface area (Å²) >= 11 is 0. The Morgan fingerprint density at radius 1 is 1.12 bits per heavy atom. The molecule has 132 valence electrons. The first-order valence-electron chi connectivity index (χ1n) is 8.91. The van der Waals surface area contributed by atoms with E-state index in [0.29, 0.717) is 12.5 Å². The minimum Gasteiger partial charge on any atom is -0.491 e. The zero-order valence-corrected chi connectivity index (χ0v) is 15.1. The fraction of sp³-hybridized carbons (Fsp3) is 0.381. The lowest BCUT2D eigenvalue weighted by Crippen LogP contribution is -2.25. The lowest BCUT2D eigenvalue weighted by molar-refractivity contribution is 0.0921. The van der Waals surface area contributed by atoms with Crippen LogP contribution in [0.25, 0.3) is 11.0 Å². The smallest absolute Gasteiger partial charge is 0.122 e. The molecule has 0 saturated heterocycles. The van der Waals surface area contributed by atoms with Crippen molar-refractivity contribution in [1.29, 1.82) is 0 Å². The van der Waals surface area contributed by atoms with Crippen LogP contribution in [0.1, 0.15) is 37.6 Å². The lowest BCUT2D eigenvalue weighted by Gasteiger charge is -2.18. The SMILES string of the molecule is CCC(C)c1nc2ccccc2n1CC(O)COc1ccccc1C. The van der Waals surface area contributed by atoms with Gasteiger partial charge in [-0.25, -0.2) is 4.98 Å². The molecular weight excluding hydrogens is 312 g/mol. The van der Waals surface area contributed by atoms with E-state index in [1.165, 1.54) is 0 Å². The Labute approximate surface area is 149 Å². The van der Waals surface area contributed by atoms with Crippen LogP contribution in [0.2, 0.25) is 0 Å². The summed E-state index contributed by atoms with van der Waals surface area (Å²) in [4.78, 5) is 4.78. The summed E-state index contributed by atoms with van der Waals surface area (Å²) in [5.41, 5.74) is 3.11. The molecule has 0 aliphatic heterocycles. The number of hydrogen-bond acceptors (Lipinski definition) is 3. The fourth-order valence-electron chi connectivity index (χ4n) is 3.01. The third kappa shape index (κ3) is 3.85. The quantitative estimate of drug-likeness (QED) is 0.699. The highest BCUT2D eigenvalue weighted by molar-refractivity contribution is 5.76. The highest BCUT2D eigenvalue weighted by Gasteiger charge is 2.18. The Kier molecular flexibility index (Phi) is 5.39. The van der Waals surface area contributed by atoms with Gasteiger partial charge in [0, 0.05) is 5.92 Å². The van der Waals surface area contributed by atoms with E-state index in [2.05, 4.69) is 24.5 Å². The van der Waals surface area contributed by atoms with Crippen LogP contribution in [0.4, 0.5) is 0 Å². The molecule has 0 aliphatic rings. The van der Waals surface area contributed by atoms with Crippen molar-refractivity contribution >= 4 is 11.0 Å². The predicted molar refractivity (Wildman–Crippen MR) is 101 cm³/mol. The topological polar surface area (TPSA) is 47.3 Å². The van der Waals surface area contributed by atoms with Gasteiger partial charge in [0.1, 0.15) is 24.3 Å². The zero-order valence-electron chi connectivity index (χ0n) is 15.1. The van der Waals surface area contributed by atoms with Crippen molar-refractivity contribution in [3.8, 4) is 5.75 Å². The minimum atomic E-state index is -0.597. The van der Waals surface area contributed by atoms with Crippen molar-refractivity contribution in [3.05, 3.63) is 59.9 Å². The van der Waals surface area contributed by atoms with E-state index in [4.69, 9.17) is 9.72 Å². The number of aliphatic hydroxyl groups is 1. The van der Waals surface area contributed by atoms with Crippen molar-refractivity contribution < 1.29 is 9.84 Å². The summed E-state index contributed by atoms with van der Waals surface area (Å²) in [5, 5.41) is 10.5. The van der Waals surface area contributed by atoms with Crippen LogP contribution in [-0.4, -0.2) is 27.4 Å². The molecule has 4 heteroatoms. The third-order valence-corrected chi connectivity index (χ3v) is 4.66. The largest absolute Gasteiger partial charge is 0.491 e. The van der Waals surface area contributed by atoms with E-state index < -0.39 is 6.10 Å². The molecule has 4 nitrogen and oxygen atoms in total. The maximum absolute atomic E-state index is 10.5. The highest BCUT2D eigenvalue weighted by Crippen LogP contribution is 2.24. The van der Waals surface area contributed by atoms with Crippen LogP contribution in [0.5, 0.6) is 5.75 Å². The Morgan fingerprint density at radius 2 is 1.84 bits per heavy atom. The molecule has 0 radical (unpaired) electrons. The number of para-hydroxylation sites is 3. The lowest BCUT2D eigenvalue weighted by atomic mass is 10.1. The average molecular weight is 338 g/mol. The Hall–Kier alpha value is -2.33. The molecule has 3 rings (SSSR count). The molecule has 0 saturated carbocycles. The number of aliphatic hydroxyl groups excluding tert-OH is 1. The van der Waals surface area contributed by atoms with Gasteiger partial charge in [-0.1, -0.05) is 44.2 Å². The van der Waals surface area contributed by atoms with E-state index in [0.717, 1.165) is 34.6 Å². The predicted octanol–water partition coefficient (Wildman–Crippen LogP) is 4.30. The molecule has 3 aromatic rings. The van der Waals surface area contributed by atoms with Gasteiger partial charge >= 0.3 is 0 Å². The first kappa shape index (κ1) is 17.5. The molecule has 0 fully saturated rings. The molecule has 25 heavy (non-hydrogen) atoms. The summed E-state index contributed by atoms with van der Waals surface area (Å²) in [7, 11) is 0.